The van der Waals surface area contributed by atoms with Gasteiger partial charge in [0.1, 0.15) is 5.00 Å². The van der Waals surface area contributed by atoms with Crippen molar-refractivity contribution in [3.8, 4) is 0 Å². The average Bonchev–Trinajstić information content (AvgIpc) is 3.30. The van der Waals surface area contributed by atoms with Gasteiger partial charge in [-0.05, 0) is 25.3 Å². The predicted molar refractivity (Wildman–Crippen MR) is 92.9 cm³/mol. The number of anilines is 1. The lowest BCUT2D eigenvalue weighted by atomic mass is 10.0. The van der Waals surface area contributed by atoms with Gasteiger partial charge in [0.25, 0.3) is 0 Å². The third-order valence-electron chi connectivity index (χ3n) is 4.66. The number of esters is 1. The highest BCUT2D eigenvalue weighted by Gasteiger charge is 2.48. The second-order valence-electron chi connectivity index (χ2n) is 6.40. The summed E-state index contributed by atoms with van der Waals surface area (Å²) in [7, 11) is 0. The molecule has 2 unspecified atom stereocenters. The van der Waals surface area contributed by atoms with Crippen molar-refractivity contribution in [2.75, 3.05) is 18.5 Å². The molecule has 1 fully saturated rings. The molecule has 26 heavy (non-hydrogen) atoms. The monoisotopic (exact) mass is 380 g/mol. The molecule has 0 spiro atoms. The topological polar surface area (TPSA) is 113 Å². The predicted octanol–water partition coefficient (Wildman–Crippen LogP) is 1.49. The highest BCUT2D eigenvalue weighted by molar-refractivity contribution is 7.17. The lowest BCUT2D eigenvalue weighted by molar-refractivity contribution is -0.139. The second kappa shape index (κ2) is 7.06. The molecule has 0 saturated heterocycles. The highest BCUT2D eigenvalue weighted by atomic mass is 32.1. The number of carbonyl (C=O) groups is 4. The van der Waals surface area contributed by atoms with Crippen molar-refractivity contribution >= 4 is 40.1 Å². The molecular weight excluding hydrogens is 360 g/mol. The largest absolute Gasteiger partial charge is 0.481 e. The first-order chi connectivity index (χ1) is 12.3. The van der Waals surface area contributed by atoms with E-state index in [9.17, 15) is 19.2 Å². The zero-order chi connectivity index (χ0) is 19.0. The van der Waals surface area contributed by atoms with Crippen LogP contribution in [0.5, 0.6) is 0 Å². The number of hydrogen-bond donors (Lipinski definition) is 2. The normalized spacial score (nSPS) is 20.9. The number of carbonyl (C=O) groups excluding carboxylic acids is 3. The summed E-state index contributed by atoms with van der Waals surface area (Å²) in [5.74, 6) is -3.18. The number of aliphatic carboxylic acids is 1. The van der Waals surface area contributed by atoms with Gasteiger partial charge in [-0.3, -0.25) is 14.4 Å². The number of fused-ring (bicyclic) bond motifs is 1. The molecule has 2 atom stereocenters. The van der Waals surface area contributed by atoms with Crippen LogP contribution in [0.2, 0.25) is 0 Å². The third kappa shape index (κ3) is 3.44. The Morgan fingerprint density at radius 3 is 2.62 bits per heavy atom. The maximum Gasteiger partial charge on any atom is 0.341 e. The van der Waals surface area contributed by atoms with Gasteiger partial charge in [-0.1, -0.05) is 0 Å². The summed E-state index contributed by atoms with van der Waals surface area (Å²) in [6.45, 7) is 4.29. The zero-order valence-electron chi connectivity index (χ0n) is 14.5. The fourth-order valence-corrected chi connectivity index (χ4v) is 4.40. The summed E-state index contributed by atoms with van der Waals surface area (Å²) in [5, 5.41) is 12.1. The Bertz CT molecular complexity index is 786. The molecule has 1 aromatic heterocycles. The van der Waals surface area contributed by atoms with Crippen molar-refractivity contribution in [3.63, 3.8) is 0 Å². The first kappa shape index (κ1) is 18.4. The molecule has 0 radical (unpaired) electrons. The molecule has 9 heteroatoms. The molecule has 140 valence electrons. The average molecular weight is 380 g/mol. The number of ether oxygens (including phenoxy) is 1. The SMILES string of the molecule is CCOC(=O)c1c(NC(=O)C2CC2C(=O)O)sc2c1CCN(C(C)=O)C2. The van der Waals surface area contributed by atoms with Gasteiger partial charge in [0.05, 0.1) is 30.6 Å². The van der Waals surface area contributed by atoms with Crippen molar-refractivity contribution in [2.45, 2.75) is 33.2 Å². The second-order valence-corrected chi connectivity index (χ2v) is 7.50. The van der Waals surface area contributed by atoms with E-state index in [1.54, 1.807) is 11.8 Å². The standard InChI is InChI=1S/C17H20N2O6S/c1-3-25-17(24)13-9-4-5-19(8(2)20)7-12(9)26-15(13)18-14(21)10-6-11(10)16(22)23/h10-11H,3-7H2,1-2H3,(H,18,21)(H,22,23). The van der Waals surface area contributed by atoms with Gasteiger partial charge in [0, 0.05) is 18.3 Å². The number of thiophene rings is 1. The number of amides is 2. The number of carboxylic acid groups (broad SMARTS) is 1. The quantitative estimate of drug-likeness (QED) is 0.748. The van der Waals surface area contributed by atoms with Crippen LogP contribution in [0.4, 0.5) is 5.00 Å². The summed E-state index contributed by atoms with van der Waals surface area (Å²) < 4.78 is 5.13. The number of rotatable bonds is 5. The van der Waals surface area contributed by atoms with Crippen molar-refractivity contribution in [2.24, 2.45) is 11.8 Å². The van der Waals surface area contributed by atoms with Crippen LogP contribution in [0.3, 0.4) is 0 Å². The van der Waals surface area contributed by atoms with Gasteiger partial charge in [-0.15, -0.1) is 11.3 Å². The minimum Gasteiger partial charge on any atom is -0.481 e. The minimum atomic E-state index is -0.988. The zero-order valence-corrected chi connectivity index (χ0v) is 15.4. The highest BCUT2D eigenvalue weighted by Crippen LogP contribution is 2.42. The molecule has 1 aliphatic carbocycles. The summed E-state index contributed by atoms with van der Waals surface area (Å²) in [4.78, 5) is 49.8. The third-order valence-corrected chi connectivity index (χ3v) is 5.80. The van der Waals surface area contributed by atoms with Crippen molar-refractivity contribution in [3.05, 3.63) is 16.0 Å². The van der Waals surface area contributed by atoms with Gasteiger partial charge in [-0.25, -0.2) is 4.79 Å². The van der Waals surface area contributed by atoms with E-state index >= 15 is 0 Å². The first-order valence-corrected chi connectivity index (χ1v) is 9.26. The molecule has 1 saturated carbocycles. The van der Waals surface area contributed by atoms with E-state index in [2.05, 4.69) is 5.32 Å². The van der Waals surface area contributed by atoms with Crippen LogP contribution < -0.4 is 5.32 Å². The Morgan fingerprint density at radius 2 is 2.04 bits per heavy atom. The molecule has 3 rings (SSSR count). The van der Waals surface area contributed by atoms with Crippen molar-refractivity contribution in [1.29, 1.82) is 0 Å². The van der Waals surface area contributed by atoms with Crippen LogP contribution in [0, 0.1) is 11.8 Å². The van der Waals surface area contributed by atoms with E-state index in [0.29, 0.717) is 36.5 Å². The van der Waals surface area contributed by atoms with Gasteiger partial charge in [-0.2, -0.15) is 0 Å². The summed E-state index contributed by atoms with van der Waals surface area (Å²) in [6.07, 6.45) is 0.815. The number of nitrogens with zero attached hydrogens (tertiary/aromatic N) is 1. The van der Waals surface area contributed by atoms with Gasteiger partial charge in [0.2, 0.25) is 11.8 Å². The molecule has 0 aromatic carbocycles. The van der Waals surface area contributed by atoms with E-state index in [0.717, 1.165) is 10.4 Å². The van der Waals surface area contributed by atoms with Gasteiger partial charge >= 0.3 is 11.9 Å². The van der Waals surface area contributed by atoms with Crippen LogP contribution in [0.15, 0.2) is 0 Å². The van der Waals surface area contributed by atoms with Crippen molar-refractivity contribution in [1.82, 2.24) is 4.90 Å². The molecule has 2 N–H and O–H groups in total. The number of nitrogens with one attached hydrogen (secondary N) is 1. The molecule has 1 aliphatic heterocycles. The summed E-state index contributed by atoms with van der Waals surface area (Å²) >= 11 is 1.25. The molecule has 2 aliphatic rings. The van der Waals surface area contributed by atoms with Crippen molar-refractivity contribution < 1.29 is 29.0 Å². The molecular formula is C17H20N2O6S. The molecule has 2 heterocycles. The van der Waals surface area contributed by atoms with E-state index in [1.165, 1.54) is 18.3 Å². The minimum absolute atomic E-state index is 0.0467. The Morgan fingerprint density at radius 1 is 1.31 bits per heavy atom. The van der Waals surface area contributed by atoms with Crippen LogP contribution >= 0.6 is 11.3 Å². The summed E-state index contributed by atoms with van der Waals surface area (Å²) in [5.41, 5.74) is 1.13. The maximum absolute atomic E-state index is 12.4. The Balaban J connectivity index is 1.86. The lowest BCUT2D eigenvalue weighted by Gasteiger charge is -2.25. The Hall–Kier alpha value is -2.42. The van der Waals surface area contributed by atoms with Crippen LogP contribution in [-0.4, -0.2) is 46.9 Å². The van der Waals surface area contributed by atoms with E-state index in [4.69, 9.17) is 9.84 Å². The first-order valence-electron chi connectivity index (χ1n) is 8.44. The van der Waals surface area contributed by atoms with Gasteiger partial charge < -0.3 is 20.1 Å². The van der Waals surface area contributed by atoms with Gasteiger partial charge in [0.15, 0.2) is 0 Å². The Labute approximate surface area is 154 Å². The molecule has 1 aromatic rings. The van der Waals surface area contributed by atoms with Crippen LogP contribution in [0.1, 0.15) is 41.1 Å². The summed E-state index contributed by atoms with van der Waals surface area (Å²) in [6, 6.07) is 0. The van der Waals surface area contributed by atoms with E-state index in [-0.39, 0.29) is 12.5 Å². The smallest absolute Gasteiger partial charge is 0.341 e. The fourth-order valence-electron chi connectivity index (χ4n) is 3.14. The van der Waals surface area contributed by atoms with E-state index < -0.39 is 29.7 Å². The fraction of sp³-hybridized carbons (Fsp3) is 0.529. The molecule has 0 bridgehead atoms. The number of hydrogen-bond acceptors (Lipinski definition) is 6. The maximum atomic E-state index is 12.4. The van der Waals surface area contributed by atoms with E-state index in [1.807, 2.05) is 0 Å². The Kier molecular flexibility index (Phi) is 4.99. The van der Waals surface area contributed by atoms with Crippen LogP contribution in [-0.2, 0) is 32.1 Å². The molecule has 2 amide bonds. The molecule has 8 nitrogen and oxygen atoms in total. The number of carboxylic acids is 1. The lowest BCUT2D eigenvalue weighted by Crippen LogP contribution is -2.34. The van der Waals surface area contributed by atoms with Crippen LogP contribution in [0.25, 0.3) is 0 Å².